The van der Waals surface area contributed by atoms with Crippen LogP contribution in [0.1, 0.15) is 11.3 Å². The molecule has 3 aromatic rings. The summed E-state index contributed by atoms with van der Waals surface area (Å²) in [6.45, 7) is 0. The Morgan fingerprint density at radius 3 is 2.48 bits per heavy atom. The summed E-state index contributed by atoms with van der Waals surface area (Å²) in [4.78, 5) is 3.70. The highest BCUT2D eigenvalue weighted by molar-refractivity contribution is 9.10. The number of halogens is 4. The second-order valence-corrected chi connectivity index (χ2v) is 6.00. The topological polar surface area (TPSA) is 42.2 Å². The van der Waals surface area contributed by atoms with Crippen LogP contribution in [-0.4, -0.2) is 15.8 Å². The minimum atomic E-state index is -4.40. The van der Waals surface area contributed by atoms with Gasteiger partial charge in [-0.3, -0.25) is 5.43 Å². The number of hydrogen-bond acceptors (Lipinski definition) is 3. The molecule has 2 heterocycles. The fourth-order valence-corrected chi connectivity index (χ4v) is 2.39. The Kier molecular flexibility index (Phi) is 4.89. The fourth-order valence-electron chi connectivity index (χ4n) is 2.13. The molecule has 8 heteroatoms. The van der Waals surface area contributed by atoms with Crippen molar-refractivity contribution in [3.63, 3.8) is 0 Å². The highest BCUT2D eigenvalue weighted by Crippen LogP contribution is 2.28. The van der Waals surface area contributed by atoms with Crippen LogP contribution >= 0.6 is 15.9 Å². The van der Waals surface area contributed by atoms with Crippen LogP contribution in [0.15, 0.2) is 70.5 Å². The summed E-state index contributed by atoms with van der Waals surface area (Å²) in [5.41, 5.74) is 3.59. The van der Waals surface area contributed by atoms with Crippen LogP contribution in [0.2, 0.25) is 0 Å². The number of anilines is 1. The lowest BCUT2D eigenvalue weighted by Gasteiger charge is -2.07. The van der Waals surface area contributed by atoms with Gasteiger partial charge in [-0.15, -0.1) is 0 Å². The van der Waals surface area contributed by atoms with Gasteiger partial charge in [0.15, 0.2) is 0 Å². The number of pyridine rings is 1. The van der Waals surface area contributed by atoms with Crippen LogP contribution in [0.3, 0.4) is 0 Å². The number of benzene rings is 1. The SMILES string of the molecule is FC(F)(F)c1ccc(N/N=C/c2cccn2-c2ccc(Br)cc2)nc1. The first kappa shape index (κ1) is 17.2. The zero-order valence-corrected chi connectivity index (χ0v) is 14.3. The number of alkyl halides is 3. The van der Waals surface area contributed by atoms with E-state index in [0.717, 1.165) is 28.1 Å². The van der Waals surface area contributed by atoms with E-state index < -0.39 is 11.7 Å². The summed E-state index contributed by atoms with van der Waals surface area (Å²) in [5.74, 6) is 0.228. The Bertz CT molecular complexity index is 868. The Labute approximate surface area is 150 Å². The first-order valence-corrected chi connectivity index (χ1v) is 7.98. The summed E-state index contributed by atoms with van der Waals surface area (Å²) < 4.78 is 40.4. The van der Waals surface area contributed by atoms with Crippen LogP contribution in [0.25, 0.3) is 5.69 Å². The van der Waals surface area contributed by atoms with Gasteiger partial charge in [-0.05, 0) is 48.5 Å². The molecule has 0 aliphatic heterocycles. The average molecular weight is 409 g/mol. The second-order valence-electron chi connectivity index (χ2n) is 5.08. The van der Waals surface area contributed by atoms with E-state index in [2.05, 4.69) is 31.4 Å². The lowest BCUT2D eigenvalue weighted by Crippen LogP contribution is -2.06. The van der Waals surface area contributed by atoms with E-state index in [0.29, 0.717) is 0 Å². The van der Waals surface area contributed by atoms with Gasteiger partial charge in [-0.1, -0.05) is 15.9 Å². The molecule has 0 atom stereocenters. The molecule has 0 amide bonds. The van der Waals surface area contributed by atoms with Gasteiger partial charge in [0.2, 0.25) is 0 Å². The van der Waals surface area contributed by atoms with E-state index in [1.807, 2.05) is 47.2 Å². The van der Waals surface area contributed by atoms with Gasteiger partial charge in [-0.25, -0.2) is 4.98 Å². The van der Waals surface area contributed by atoms with Crippen LogP contribution in [-0.2, 0) is 6.18 Å². The maximum absolute atomic E-state index is 12.5. The third-order valence-electron chi connectivity index (χ3n) is 3.35. The Balaban J connectivity index is 1.71. The van der Waals surface area contributed by atoms with Crippen molar-refractivity contribution in [3.05, 3.63) is 76.7 Å². The second kappa shape index (κ2) is 7.10. The van der Waals surface area contributed by atoms with Crippen LogP contribution in [0.4, 0.5) is 19.0 Å². The largest absolute Gasteiger partial charge is 0.417 e. The average Bonchev–Trinajstić information content (AvgIpc) is 3.04. The van der Waals surface area contributed by atoms with E-state index in [1.54, 1.807) is 6.21 Å². The molecule has 0 saturated heterocycles. The summed E-state index contributed by atoms with van der Waals surface area (Å²) >= 11 is 3.39. The van der Waals surface area contributed by atoms with Gasteiger partial charge < -0.3 is 4.57 Å². The highest BCUT2D eigenvalue weighted by Gasteiger charge is 2.30. The summed E-state index contributed by atoms with van der Waals surface area (Å²) in [5, 5.41) is 4.03. The molecule has 0 fully saturated rings. The number of nitrogens with one attached hydrogen (secondary N) is 1. The molecule has 3 rings (SSSR count). The molecule has 0 unspecified atom stereocenters. The number of rotatable bonds is 4. The predicted molar refractivity (Wildman–Crippen MR) is 93.9 cm³/mol. The Morgan fingerprint density at radius 2 is 1.84 bits per heavy atom. The van der Waals surface area contributed by atoms with Crippen molar-refractivity contribution >= 4 is 28.0 Å². The molecule has 128 valence electrons. The molecule has 0 aliphatic rings. The smallest absolute Gasteiger partial charge is 0.316 e. The van der Waals surface area contributed by atoms with Crippen molar-refractivity contribution < 1.29 is 13.2 Å². The fraction of sp³-hybridized carbons (Fsp3) is 0.0588. The van der Waals surface area contributed by atoms with Gasteiger partial charge in [-0.2, -0.15) is 18.3 Å². The summed E-state index contributed by atoms with van der Waals surface area (Å²) in [6.07, 6.45) is -0.176. The minimum absolute atomic E-state index is 0.228. The van der Waals surface area contributed by atoms with E-state index in [4.69, 9.17) is 0 Å². The van der Waals surface area contributed by atoms with Gasteiger partial charge in [0.05, 0.1) is 17.5 Å². The van der Waals surface area contributed by atoms with Crippen molar-refractivity contribution in [1.29, 1.82) is 0 Å². The molecular weight excluding hydrogens is 397 g/mol. The first-order chi connectivity index (χ1) is 11.9. The lowest BCUT2D eigenvalue weighted by molar-refractivity contribution is -0.137. The summed E-state index contributed by atoms with van der Waals surface area (Å²) in [7, 11) is 0. The normalized spacial score (nSPS) is 11.8. The van der Waals surface area contributed by atoms with Crippen LogP contribution in [0.5, 0.6) is 0 Å². The van der Waals surface area contributed by atoms with Gasteiger partial charge in [0, 0.05) is 22.6 Å². The molecule has 1 aromatic carbocycles. The molecule has 0 spiro atoms. The zero-order valence-electron chi connectivity index (χ0n) is 12.7. The molecule has 0 radical (unpaired) electrons. The quantitative estimate of drug-likeness (QED) is 0.481. The molecule has 1 N–H and O–H groups in total. The van der Waals surface area contributed by atoms with Gasteiger partial charge >= 0.3 is 6.18 Å². The van der Waals surface area contributed by atoms with Crippen molar-refractivity contribution in [2.45, 2.75) is 6.18 Å². The Morgan fingerprint density at radius 1 is 1.08 bits per heavy atom. The molecule has 0 saturated carbocycles. The number of hydrogen-bond donors (Lipinski definition) is 1. The van der Waals surface area contributed by atoms with Crippen molar-refractivity contribution in [2.75, 3.05) is 5.43 Å². The van der Waals surface area contributed by atoms with E-state index in [-0.39, 0.29) is 5.82 Å². The molecule has 0 bridgehead atoms. The number of nitrogens with zero attached hydrogens (tertiary/aromatic N) is 3. The third kappa shape index (κ3) is 4.27. The number of hydrazone groups is 1. The van der Waals surface area contributed by atoms with E-state index in [1.165, 1.54) is 6.07 Å². The zero-order chi connectivity index (χ0) is 17.9. The standard InChI is InChI=1S/C17H12BrF3N4/c18-13-4-6-14(7-5-13)25-9-1-2-15(25)11-23-24-16-8-3-12(10-22-16)17(19,20)21/h1-11H,(H,22,24)/b23-11+. The van der Waals surface area contributed by atoms with Gasteiger partial charge in [0.1, 0.15) is 5.82 Å². The number of aromatic nitrogens is 2. The third-order valence-corrected chi connectivity index (χ3v) is 3.88. The molecular formula is C17H12BrF3N4. The van der Waals surface area contributed by atoms with Crippen LogP contribution < -0.4 is 5.43 Å². The first-order valence-electron chi connectivity index (χ1n) is 7.19. The molecule has 2 aromatic heterocycles. The van der Waals surface area contributed by atoms with Crippen molar-refractivity contribution in [1.82, 2.24) is 9.55 Å². The molecule has 0 aliphatic carbocycles. The summed E-state index contributed by atoms with van der Waals surface area (Å²) in [6, 6.07) is 13.7. The van der Waals surface area contributed by atoms with Crippen molar-refractivity contribution in [3.8, 4) is 5.69 Å². The van der Waals surface area contributed by atoms with Crippen molar-refractivity contribution in [2.24, 2.45) is 5.10 Å². The maximum Gasteiger partial charge on any atom is 0.417 e. The van der Waals surface area contributed by atoms with E-state index >= 15 is 0 Å². The highest BCUT2D eigenvalue weighted by atomic mass is 79.9. The predicted octanol–water partition coefficient (Wildman–Crippen LogP) is 5.10. The minimum Gasteiger partial charge on any atom is -0.316 e. The van der Waals surface area contributed by atoms with E-state index in [9.17, 15) is 13.2 Å². The van der Waals surface area contributed by atoms with Gasteiger partial charge in [0.25, 0.3) is 0 Å². The molecule has 25 heavy (non-hydrogen) atoms. The maximum atomic E-state index is 12.5. The Hall–Kier alpha value is -2.61. The monoisotopic (exact) mass is 408 g/mol. The van der Waals surface area contributed by atoms with Crippen LogP contribution in [0, 0.1) is 0 Å². The molecule has 4 nitrogen and oxygen atoms in total. The lowest BCUT2D eigenvalue weighted by atomic mass is 10.3.